The van der Waals surface area contributed by atoms with Gasteiger partial charge in [-0.05, 0) is 66.8 Å². The Morgan fingerprint density at radius 2 is 2.00 bits per heavy atom. The number of amides is 1. The van der Waals surface area contributed by atoms with Crippen molar-refractivity contribution >= 4 is 33.2 Å². The quantitative estimate of drug-likeness (QED) is 0.560. The lowest BCUT2D eigenvalue weighted by Gasteiger charge is -2.21. The van der Waals surface area contributed by atoms with Crippen molar-refractivity contribution in [3.05, 3.63) is 77.0 Å². The predicted octanol–water partition coefficient (Wildman–Crippen LogP) is 3.65. The fourth-order valence-electron chi connectivity index (χ4n) is 3.48. The molecule has 0 fully saturated rings. The van der Waals surface area contributed by atoms with E-state index < -0.39 is 15.9 Å². The molecule has 156 valence electrons. The first-order valence-electron chi connectivity index (χ1n) is 9.47. The van der Waals surface area contributed by atoms with E-state index in [0.29, 0.717) is 11.4 Å². The molecule has 3 aromatic rings. The van der Waals surface area contributed by atoms with Crippen molar-refractivity contribution in [1.29, 1.82) is 0 Å². The molecule has 2 heterocycles. The van der Waals surface area contributed by atoms with Gasteiger partial charge in [-0.1, -0.05) is 17.7 Å². The minimum Gasteiger partial charge on any atom is -0.468 e. The molecule has 0 spiro atoms. The summed E-state index contributed by atoms with van der Waals surface area (Å²) in [6, 6.07) is 11.9. The van der Waals surface area contributed by atoms with Crippen LogP contribution in [0.25, 0.3) is 0 Å². The van der Waals surface area contributed by atoms with E-state index in [4.69, 9.17) is 16.0 Å². The minimum atomic E-state index is -4.00. The summed E-state index contributed by atoms with van der Waals surface area (Å²) >= 11 is 5.77. The summed E-state index contributed by atoms with van der Waals surface area (Å²) in [6.07, 6.45) is 5.77. The summed E-state index contributed by atoms with van der Waals surface area (Å²) in [5.74, 6) is -0.0178. The van der Waals surface area contributed by atoms with Gasteiger partial charge in [0.25, 0.3) is 0 Å². The highest BCUT2D eigenvalue weighted by molar-refractivity contribution is 7.89. The van der Waals surface area contributed by atoms with Crippen LogP contribution >= 0.6 is 11.6 Å². The first-order chi connectivity index (χ1) is 14.4. The van der Waals surface area contributed by atoms with Crippen molar-refractivity contribution in [2.45, 2.75) is 30.7 Å². The van der Waals surface area contributed by atoms with E-state index in [0.717, 1.165) is 23.6 Å². The van der Waals surface area contributed by atoms with E-state index in [1.54, 1.807) is 12.1 Å². The van der Waals surface area contributed by atoms with Crippen molar-refractivity contribution in [3.63, 3.8) is 0 Å². The molecule has 4 rings (SSSR count). The highest BCUT2D eigenvalue weighted by Gasteiger charge is 2.28. The number of nitrogens with zero attached hydrogens (tertiary/aromatic N) is 2. The van der Waals surface area contributed by atoms with Crippen molar-refractivity contribution in [2.24, 2.45) is 0 Å². The average molecular weight is 446 g/mol. The molecular weight excluding hydrogens is 426 g/mol. The monoisotopic (exact) mass is 445 g/mol. The third kappa shape index (κ3) is 4.56. The van der Waals surface area contributed by atoms with Crippen molar-refractivity contribution in [2.75, 3.05) is 11.9 Å². The molecule has 9 heteroatoms. The van der Waals surface area contributed by atoms with Crippen molar-refractivity contribution in [1.82, 2.24) is 9.29 Å². The fraction of sp³-hybridized carbons (Fsp3) is 0.238. The highest BCUT2D eigenvalue weighted by Crippen LogP contribution is 2.25. The summed E-state index contributed by atoms with van der Waals surface area (Å²) in [5, 5.41) is 2.98. The molecule has 1 aliphatic carbocycles. The van der Waals surface area contributed by atoms with Crippen LogP contribution in [0.4, 0.5) is 5.69 Å². The number of pyridine rings is 1. The average Bonchev–Trinajstić information content (AvgIpc) is 3.39. The Morgan fingerprint density at radius 3 is 2.73 bits per heavy atom. The largest absolute Gasteiger partial charge is 0.468 e. The van der Waals surface area contributed by atoms with E-state index in [2.05, 4.69) is 10.3 Å². The molecule has 0 saturated carbocycles. The molecular formula is C21H20ClN3O4S. The molecule has 0 unspecified atom stereocenters. The van der Waals surface area contributed by atoms with Crippen LogP contribution in [0.5, 0.6) is 0 Å². The third-order valence-electron chi connectivity index (χ3n) is 4.95. The number of benzene rings is 1. The Morgan fingerprint density at radius 1 is 1.17 bits per heavy atom. The third-order valence-corrected chi connectivity index (χ3v) is 6.95. The number of furan rings is 1. The van der Waals surface area contributed by atoms with Gasteiger partial charge in [-0.25, -0.2) is 13.4 Å². The standard InChI is InChI=1S/C21H20ClN3O4S/c22-20-9-8-19(12-23-20)30(27,28)25(13-18-5-2-10-29-18)14-21(26)24-17-7-6-15-3-1-4-16(15)11-17/h2,5-12H,1,3-4,13-14H2,(H,24,26). The van der Waals surface area contributed by atoms with Crippen LogP contribution < -0.4 is 5.32 Å². The second-order valence-corrected chi connectivity index (χ2v) is 9.38. The van der Waals surface area contributed by atoms with E-state index in [-0.39, 0.29) is 23.1 Å². The minimum absolute atomic E-state index is 0.0520. The number of hydrogen-bond acceptors (Lipinski definition) is 5. The summed E-state index contributed by atoms with van der Waals surface area (Å²) in [6.45, 7) is -0.460. The molecule has 0 saturated heterocycles. The zero-order valence-corrected chi connectivity index (χ0v) is 17.6. The van der Waals surface area contributed by atoms with Crippen LogP contribution in [0.15, 0.2) is 64.2 Å². The fourth-order valence-corrected chi connectivity index (χ4v) is 4.90. The molecule has 0 atom stereocenters. The Balaban J connectivity index is 1.55. The molecule has 1 aromatic carbocycles. The zero-order chi connectivity index (χ0) is 21.1. The second kappa shape index (κ2) is 8.59. The van der Waals surface area contributed by atoms with Crippen LogP contribution in [0.2, 0.25) is 5.15 Å². The second-order valence-electron chi connectivity index (χ2n) is 7.05. The predicted molar refractivity (Wildman–Crippen MR) is 113 cm³/mol. The maximum absolute atomic E-state index is 13.1. The van der Waals surface area contributed by atoms with Crippen LogP contribution in [-0.2, 0) is 34.2 Å². The number of carbonyl (C=O) groups excluding carboxylic acids is 1. The molecule has 1 aliphatic rings. The van der Waals surface area contributed by atoms with Gasteiger partial charge in [0.15, 0.2) is 0 Å². The molecule has 0 radical (unpaired) electrons. The lowest BCUT2D eigenvalue weighted by Crippen LogP contribution is -2.37. The van der Waals surface area contributed by atoms with Crippen molar-refractivity contribution in [3.8, 4) is 0 Å². The number of aromatic nitrogens is 1. The molecule has 30 heavy (non-hydrogen) atoms. The molecule has 7 nitrogen and oxygen atoms in total. The maximum atomic E-state index is 13.1. The number of fused-ring (bicyclic) bond motifs is 1. The number of hydrogen-bond donors (Lipinski definition) is 1. The Bertz CT molecular complexity index is 1150. The van der Waals surface area contributed by atoms with Crippen LogP contribution in [-0.4, -0.2) is 30.2 Å². The Kier molecular flexibility index (Phi) is 5.90. The van der Waals surface area contributed by atoms with Crippen molar-refractivity contribution < 1.29 is 17.6 Å². The lowest BCUT2D eigenvalue weighted by molar-refractivity contribution is -0.116. The van der Waals surface area contributed by atoms with Gasteiger partial charge >= 0.3 is 0 Å². The summed E-state index contributed by atoms with van der Waals surface area (Å²) in [5.41, 5.74) is 3.18. The molecule has 1 N–H and O–H groups in total. The van der Waals surface area contributed by atoms with Gasteiger partial charge in [-0.15, -0.1) is 0 Å². The van der Waals surface area contributed by atoms with Gasteiger partial charge < -0.3 is 9.73 Å². The summed E-state index contributed by atoms with van der Waals surface area (Å²) < 4.78 is 32.6. The first-order valence-corrected chi connectivity index (χ1v) is 11.3. The molecule has 0 bridgehead atoms. The smallest absolute Gasteiger partial charge is 0.245 e. The van der Waals surface area contributed by atoms with E-state index >= 15 is 0 Å². The van der Waals surface area contributed by atoms with E-state index in [1.807, 2.05) is 18.2 Å². The summed E-state index contributed by atoms with van der Waals surface area (Å²) in [4.78, 5) is 16.5. The van der Waals surface area contributed by atoms with E-state index in [1.165, 1.54) is 35.7 Å². The highest BCUT2D eigenvalue weighted by atomic mass is 35.5. The normalized spacial score (nSPS) is 13.4. The SMILES string of the molecule is O=C(CN(Cc1ccco1)S(=O)(=O)c1ccc(Cl)nc1)Nc1ccc2c(c1)CCC2. The maximum Gasteiger partial charge on any atom is 0.245 e. The number of carbonyl (C=O) groups is 1. The zero-order valence-electron chi connectivity index (χ0n) is 16.0. The van der Waals surface area contributed by atoms with Gasteiger partial charge in [-0.3, -0.25) is 4.79 Å². The van der Waals surface area contributed by atoms with Gasteiger partial charge in [0.2, 0.25) is 15.9 Å². The number of halogens is 1. The molecule has 2 aromatic heterocycles. The first kappa shape index (κ1) is 20.6. The Hall–Kier alpha value is -2.68. The molecule has 1 amide bonds. The van der Waals surface area contributed by atoms with E-state index in [9.17, 15) is 13.2 Å². The van der Waals surface area contributed by atoms with Crippen LogP contribution in [0.3, 0.4) is 0 Å². The number of aryl methyl sites for hydroxylation is 2. The van der Waals surface area contributed by atoms with Gasteiger partial charge in [0.1, 0.15) is 15.8 Å². The number of sulfonamides is 1. The van der Waals surface area contributed by atoms with Gasteiger partial charge in [-0.2, -0.15) is 4.31 Å². The molecule has 0 aliphatic heterocycles. The lowest BCUT2D eigenvalue weighted by atomic mass is 10.1. The number of anilines is 1. The topological polar surface area (TPSA) is 92.5 Å². The Labute approximate surface area is 179 Å². The number of nitrogens with one attached hydrogen (secondary N) is 1. The van der Waals surface area contributed by atoms with Gasteiger partial charge in [0.05, 0.1) is 19.4 Å². The van der Waals surface area contributed by atoms with Gasteiger partial charge in [0, 0.05) is 11.9 Å². The summed E-state index contributed by atoms with van der Waals surface area (Å²) in [7, 11) is -4.00. The van der Waals surface area contributed by atoms with Crippen LogP contribution in [0, 0.1) is 0 Å². The number of rotatable bonds is 7. The van der Waals surface area contributed by atoms with Crippen LogP contribution in [0.1, 0.15) is 23.3 Å².